The normalized spacial score (nSPS) is 12.5. The van der Waals surface area contributed by atoms with Crippen LogP contribution in [0.2, 0.25) is 0 Å². The standard InChI is InChI=1S/C24H32N4O6S/c1-17-10-12-19(13-11-17)15-26(18(2)23(30)25-24(3,4)5)22(29)16-27(35(6,33)34)20-8-7-9-21(14-20)28(31)32/h7-14,18H,15-16H2,1-6H3,(H,25,30). The Balaban J connectivity index is 2.43. The van der Waals surface area contributed by atoms with Crippen molar-refractivity contribution in [3.63, 3.8) is 0 Å². The molecular weight excluding hydrogens is 472 g/mol. The zero-order valence-electron chi connectivity index (χ0n) is 20.8. The van der Waals surface area contributed by atoms with E-state index < -0.39 is 39.0 Å². The number of benzene rings is 2. The molecule has 0 aromatic heterocycles. The first kappa shape index (κ1) is 27.8. The fraction of sp³-hybridized carbons (Fsp3) is 0.417. The average molecular weight is 505 g/mol. The van der Waals surface area contributed by atoms with Crippen molar-refractivity contribution in [1.29, 1.82) is 0 Å². The Bertz CT molecular complexity index is 1190. The molecular formula is C24H32N4O6S. The summed E-state index contributed by atoms with van der Waals surface area (Å²) >= 11 is 0. The monoisotopic (exact) mass is 504 g/mol. The first-order valence-electron chi connectivity index (χ1n) is 11.0. The van der Waals surface area contributed by atoms with Crippen LogP contribution in [0.4, 0.5) is 11.4 Å². The summed E-state index contributed by atoms with van der Waals surface area (Å²) in [5.41, 5.74) is 0.931. The minimum Gasteiger partial charge on any atom is -0.350 e. The second kappa shape index (κ2) is 10.9. The quantitative estimate of drug-likeness (QED) is 0.413. The van der Waals surface area contributed by atoms with Crippen LogP contribution in [0.5, 0.6) is 0 Å². The Hall–Kier alpha value is -3.47. The highest BCUT2D eigenvalue weighted by atomic mass is 32.2. The van der Waals surface area contributed by atoms with Gasteiger partial charge in [-0.05, 0) is 46.2 Å². The molecule has 2 amide bonds. The fourth-order valence-electron chi connectivity index (χ4n) is 3.32. The molecule has 1 unspecified atom stereocenters. The lowest BCUT2D eigenvalue weighted by molar-refractivity contribution is -0.384. The van der Waals surface area contributed by atoms with Gasteiger partial charge in [0.15, 0.2) is 0 Å². The summed E-state index contributed by atoms with van der Waals surface area (Å²) in [7, 11) is -3.98. The van der Waals surface area contributed by atoms with Gasteiger partial charge in [-0.2, -0.15) is 0 Å². The Morgan fingerprint density at radius 1 is 1.11 bits per heavy atom. The molecule has 0 radical (unpaired) electrons. The molecule has 1 N–H and O–H groups in total. The van der Waals surface area contributed by atoms with Gasteiger partial charge in [0.2, 0.25) is 21.8 Å². The third kappa shape index (κ3) is 8.06. The van der Waals surface area contributed by atoms with E-state index in [2.05, 4.69) is 5.32 Å². The number of non-ortho nitro benzene ring substituents is 1. The van der Waals surface area contributed by atoms with Crippen molar-refractivity contribution in [1.82, 2.24) is 10.2 Å². The molecule has 0 spiro atoms. The van der Waals surface area contributed by atoms with Gasteiger partial charge in [-0.3, -0.25) is 24.0 Å². The molecule has 2 rings (SSSR count). The van der Waals surface area contributed by atoms with Crippen molar-refractivity contribution in [2.24, 2.45) is 0 Å². The van der Waals surface area contributed by atoms with E-state index in [1.807, 2.05) is 52.0 Å². The molecule has 35 heavy (non-hydrogen) atoms. The van der Waals surface area contributed by atoms with Crippen LogP contribution in [0, 0.1) is 17.0 Å². The zero-order chi connectivity index (χ0) is 26.6. The van der Waals surface area contributed by atoms with Crippen molar-refractivity contribution in [3.8, 4) is 0 Å². The number of nitrogens with one attached hydrogen (secondary N) is 1. The van der Waals surface area contributed by atoms with Crippen molar-refractivity contribution in [3.05, 3.63) is 69.8 Å². The maximum atomic E-state index is 13.5. The van der Waals surface area contributed by atoms with Crippen LogP contribution in [-0.2, 0) is 26.2 Å². The molecule has 11 heteroatoms. The van der Waals surface area contributed by atoms with Gasteiger partial charge >= 0.3 is 0 Å². The van der Waals surface area contributed by atoms with E-state index in [0.717, 1.165) is 27.8 Å². The predicted molar refractivity (Wildman–Crippen MR) is 134 cm³/mol. The molecule has 1 atom stereocenters. The number of carbonyl (C=O) groups is 2. The lowest BCUT2D eigenvalue weighted by atomic mass is 10.1. The fourth-order valence-corrected chi connectivity index (χ4v) is 4.16. The van der Waals surface area contributed by atoms with Crippen molar-refractivity contribution >= 4 is 33.2 Å². The van der Waals surface area contributed by atoms with E-state index >= 15 is 0 Å². The second-order valence-corrected chi connectivity index (χ2v) is 11.4. The molecule has 0 aliphatic rings. The van der Waals surface area contributed by atoms with Crippen LogP contribution in [0.25, 0.3) is 0 Å². The molecule has 0 fully saturated rings. The predicted octanol–water partition coefficient (Wildman–Crippen LogP) is 3.00. The highest BCUT2D eigenvalue weighted by Crippen LogP contribution is 2.24. The topological polar surface area (TPSA) is 130 Å². The maximum Gasteiger partial charge on any atom is 0.271 e. The third-order valence-electron chi connectivity index (χ3n) is 5.15. The summed E-state index contributed by atoms with van der Waals surface area (Å²) in [6.07, 6.45) is 0.916. The van der Waals surface area contributed by atoms with Gasteiger partial charge in [0.25, 0.3) is 5.69 Å². The average Bonchev–Trinajstić information content (AvgIpc) is 2.74. The van der Waals surface area contributed by atoms with E-state index in [-0.39, 0.29) is 23.8 Å². The zero-order valence-corrected chi connectivity index (χ0v) is 21.6. The summed E-state index contributed by atoms with van der Waals surface area (Å²) in [4.78, 5) is 38.2. The number of sulfonamides is 1. The van der Waals surface area contributed by atoms with Gasteiger partial charge < -0.3 is 10.2 Å². The molecule has 2 aromatic carbocycles. The van der Waals surface area contributed by atoms with Gasteiger partial charge in [0.1, 0.15) is 12.6 Å². The minimum atomic E-state index is -3.98. The Labute approximate surface area is 206 Å². The molecule has 190 valence electrons. The first-order chi connectivity index (χ1) is 16.1. The molecule has 0 saturated heterocycles. The van der Waals surface area contributed by atoms with E-state index in [1.54, 1.807) is 6.92 Å². The van der Waals surface area contributed by atoms with Crippen LogP contribution >= 0.6 is 0 Å². The van der Waals surface area contributed by atoms with Gasteiger partial charge in [0.05, 0.1) is 16.9 Å². The van der Waals surface area contributed by atoms with Crippen molar-refractivity contribution in [2.45, 2.75) is 52.7 Å². The summed E-state index contributed by atoms with van der Waals surface area (Å²) in [5, 5.41) is 14.0. The highest BCUT2D eigenvalue weighted by molar-refractivity contribution is 7.92. The Morgan fingerprint density at radius 2 is 1.71 bits per heavy atom. The molecule has 0 saturated carbocycles. The number of aryl methyl sites for hydroxylation is 1. The number of amides is 2. The van der Waals surface area contributed by atoms with Crippen molar-refractivity contribution in [2.75, 3.05) is 17.1 Å². The summed E-state index contributed by atoms with van der Waals surface area (Å²) in [6.45, 7) is 8.40. The Kier molecular flexibility index (Phi) is 8.61. The molecule has 0 heterocycles. The number of nitrogens with zero attached hydrogens (tertiary/aromatic N) is 3. The SMILES string of the molecule is Cc1ccc(CN(C(=O)CN(c2cccc([N+](=O)[O-])c2)S(C)(=O)=O)C(C)C(=O)NC(C)(C)C)cc1. The summed E-state index contributed by atoms with van der Waals surface area (Å²) in [5.74, 6) is -1.02. The molecule has 0 bridgehead atoms. The second-order valence-electron chi connectivity index (χ2n) is 9.47. The highest BCUT2D eigenvalue weighted by Gasteiger charge is 2.31. The minimum absolute atomic E-state index is 0.0165. The number of anilines is 1. The number of carbonyl (C=O) groups excluding carboxylic acids is 2. The van der Waals surface area contributed by atoms with Gasteiger partial charge in [0, 0.05) is 24.2 Å². The number of hydrogen-bond donors (Lipinski definition) is 1. The van der Waals surface area contributed by atoms with Gasteiger partial charge in [-0.15, -0.1) is 0 Å². The summed E-state index contributed by atoms with van der Waals surface area (Å²) < 4.78 is 25.9. The lowest BCUT2D eigenvalue weighted by Gasteiger charge is -2.33. The van der Waals surface area contributed by atoms with Crippen molar-refractivity contribution < 1.29 is 22.9 Å². The van der Waals surface area contributed by atoms with Crippen LogP contribution in [0.15, 0.2) is 48.5 Å². The number of nitro benzene ring substituents is 1. The molecule has 10 nitrogen and oxygen atoms in total. The Morgan fingerprint density at radius 3 is 2.23 bits per heavy atom. The maximum absolute atomic E-state index is 13.5. The molecule has 0 aliphatic carbocycles. The third-order valence-corrected chi connectivity index (χ3v) is 6.29. The van der Waals surface area contributed by atoms with E-state index in [1.165, 1.54) is 23.1 Å². The van der Waals surface area contributed by atoms with E-state index in [9.17, 15) is 28.1 Å². The molecule has 2 aromatic rings. The van der Waals surface area contributed by atoms with Gasteiger partial charge in [-0.25, -0.2) is 8.42 Å². The number of rotatable bonds is 9. The van der Waals surface area contributed by atoms with E-state index in [0.29, 0.717) is 0 Å². The largest absolute Gasteiger partial charge is 0.350 e. The first-order valence-corrected chi connectivity index (χ1v) is 12.8. The number of hydrogen-bond acceptors (Lipinski definition) is 6. The van der Waals surface area contributed by atoms with E-state index in [4.69, 9.17) is 0 Å². The van der Waals surface area contributed by atoms with Crippen LogP contribution in [0.3, 0.4) is 0 Å². The lowest BCUT2D eigenvalue weighted by Crippen LogP contribution is -2.54. The van der Waals surface area contributed by atoms with Crippen LogP contribution in [-0.4, -0.2) is 54.4 Å². The molecule has 0 aliphatic heterocycles. The smallest absolute Gasteiger partial charge is 0.271 e. The number of nitro groups is 1. The summed E-state index contributed by atoms with van der Waals surface area (Å²) in [6, 6.07) is 11.6. The van der Waals surface area contributed by atoms with Crippen LogP contribution in [0.1, 0.15) is 38.8 Å². The van der Waals surface area contributed by atoms with Gasteiger partial charge in [-0.1, -0.05) is 35.9 Å². The van der Waals surface area contributed by atoms with Crippen LogP contribution < -0.4 is 9.62 Å².